The van der Waals surface area contributed by atoms with Crippen LogP contribution in [0.15, 0.2) is 52.1 Å². The number of hydrogen-bond donors (Lipinski definition) is 1. The predicted molar refractivity (Wildman–Crippen MR) is 117 cm³/mol. The molecule has 1 aromatic heterocycles. The molecule has 156 valence electrons. The second kappa shape index (κ2) is 8.63. The zero-order valence-corrected chi connectivity index (χ0v) is 17.4. The van der Waals surface area contributed by atoms with E-state index in [1.54, 1.807) is 36.4 Å². The van der Waals surface area contributed by atoms with E-state index in [1.807, 2.05) is 0 Å². The molecule has 1 unspecified atom stereocenters. The standard InChI is InChI=1S/C21H19Cl2N3O4/c22-13-7-8-17(16(23)10-13)24-19(27)12-25-18-6-2-1-5-15(18)20(28)26(21(25)29)11-14-4-3-9-30-14/h1-2,5-8,10,14H,3-4,9,11-12H2,(H,24,27). The Morgan fingerprint density at radius 1 is 1.13 bits per heavy atom. The van der Waals surface area contributed by atoms with E-state index < -0.39 is 11.6 Å². The number of rotatable bonds is 5. The van der Waals surface area contributed by atoms with Crippen molar-refractivity contribution < 1.29 is 9.53 Å². The van der Waals surface area contributed by atoms with Crippen LogP contribution in [0.5, 0.6) is 0 Å². The Kier molecular flexibility index (Phi) is 5.94. The molecule has 7 nitrogen and oxygen atoms in total. The normalized spacial score (nSPS) is 16.1. The van der Waals surface area contributed by atoms with Crippen molar-refractivity contribution in [2.24, 2.45) is 0 Å². The first kappa shape index (κ1) is 20.7. The third kappa shape index (κ3) is 4.14. The van der Waals surface area contributed by atoms with Crippen LogP contribution in [0.1, 0.15) is 12.8 Å². The SMILES string of the molecule is O=C(Cn1c(=O)n(CC2CCCO2)c(=O)c2ccccc21)Nc1ccc(Cl)cc1Cl. The fraction of sp³-hybridized carbons (Fsp3) is 0.286. The third-order valence-corrected chi connectivity index (χ3v) is 5.60. The Morgan fingerprint density at radius 2 is 1.93 bits per heavy atom. The number of anilines is 1. The first-order valence-electron chi connectivity index (χ1n) is 9.53. The highest BCUT2D eigenvalue weighted by molar-refractivity contribution is 6.36. The zero-order valence-electron chi connectivity index (χ0n) is 15.9. The number of aromatic nitrogens is 2. The second-order valence-electron chi connectivity index (χ2n) is 7.11. The zero-order chi connectivity index (χ0) is 21.3. The summed E-state index contributed by atoms with van der Waals surface area (Å²) in [5, 5.41) is 3.79. The summed E-state index contributed by atoms with van der Waals surface area (Å²) in [6.45, 7) is 0.503. The highest BCUT2D eigenvalue weighted by atomic mass is 35.5. The van der Waals surface area contributed by atoms with Crippen LogP contribution in [0.4, 0.5) is 5.69 Å². The summed E-state index contributed by atoms with van der Waals surface area (Å²) in [7, 11) is 0. The molecule has 1 atom stereocenters. The van der Waals surface area contributed by atoms with Gasteiger partial charge in [-0.3, -0.25) is 18.7 Å². The van der Waals surface area contributed by atoms with Gasteiger partial charge in [0, 0.05) is 11.6 Å². The number of amides is 1. The van der Waals surface area contributed by atoms with Crippen molar-refractivity contribution >= 4 is 45.7 Å². The van der Waals surface area contributed by atoms with Crippen LogP contribution in [0.2, 0.25) is 10.0 Å². The van der Waals surface area contributed by atoms with Crippen LogP contribution < -0.4 is 16.6 Å². The maximum Gasteiger partial charge on any atom is 0.332 e. The molecule has 30 heavy (non-hydrogen) atoms. The Morgan fingerprint density at radius 3 is 2.67 bits per heavy atom. The summed E-state index contributed by atoms with van der Waals surface area (Å²) in [6.07, 6.45) is 1.49. The van der Waals surface area contributed by atoms with Crippen molar-refractivity contribution in [2.45, 2.75) is 32.0 Å². The van der Waals surface area contributed by atoms with Gasteiger partial charge in [-0.25, -0.2) is 4.79 Å². The Labute approximate surface area is 181 Å². The van der Waals surface area contributed by atoms with Crippen LogP contribution in [0.25, 0.3) is 10.9 Å². The molecule has 9 heteroatoms. The van der Waals surface area contributed by atoms with Crippen LogP contribution in [-0.2, 0) is 22.6 Å². The number of carbonyl (C=O) groups excluding carboxylic acids is 1. The molecular weight excluding hydrogens is 429 g/mol. The highest BCUT2D eigenvalue weighted by Gasteiger charge is 2.21. The van der Waals surface area contributed by atoms with Crippen LogP contribution in [-0.4, -0.2) is 27.8 Å². The third-order valence-electron chi connectivity index (χ3n) is 5.05. The molecule has 1 N–H and O–H groups in total. The van der Waals surface area contributed by atoms with E-state index in [0.717, 1.165) is 17.4 Å². The molecule has 0 radical (unpaired) electrons. The minimum Gasteiger partial charge on any atom is -0.376 e. The number of nitrogens with one attached hydrogen (secondary N) is 1. The van der Waals surface area contributed by atoms with Gasteiger partial charge in [0.25, 0.3) is 5.56 Å². The molecule has 1 saturated heterocycles. The molecule has 3 aromatic rings. The van der Waals surface area contributed by atoms with Crippen molar-refractivity contribution in [3.63, 3.8) is 0 Å². The number of fused-ring (bicyclic) bond motifs is 1. The lowest BCUT2D eigenvalue weighted by atomic mass is 10.2. The highest BCUT2D eigenvalue weighted by Crippen LogP contribution is 2.25. The summed E-state index contributed by atoms with van der Waals surface area (Å²) in [5.41, 5.74) is -0.153. The maximum atomic E-state index is 13.1. The van der Waals surface area contributed by atoms with Gasteiger partial charge in [0.15, 0.2) is 0 Å². The van der Waals surface area contributed by atoms with Crippen molar-refractivity contribution in [1.29, 1.82) is 0 Å². The molecular formula is C21H19Cl2N3O4. The summed E-state index contributed by atoms with van der Waals surface area (Å²) in [6, 6.07) is 11.4. The van der Waals surface area contributed by atoms with Crippen LogP contribution in [0, 0.1) is 0 Å². The molecule has 1 aliphatic rings. The smallest absolute Gasteiger partial charge is 0.332 e. The number of nitrogens with zero attached hydrogens (tertiary/aromatic N) is 2. The average Bonchev–Trinajstić information content (AvgIpc) is 3.24. The van der Waals surface area contributed by atoms with Gasteiger partial charge in [-0.2, -0.15) is 0 Å². The molecule has 2 aromatic carbocycles. The van der Waals surface area contributed by atoms with Crippen molar-refractivity contribution in [1.82, 2.24) is 9.13 Å². The minimum atomic E-state index is -0.549. The molecule has 0 aliphatic carbocycles. The lowest BCUT2D eigenvalue weighted by Crippen LogP contribution is -2.43. The number of carbonyl (C=O) groups is 1. The molecule has 4 rings (SSSR count). The Bertz CT molecular complexity index is 1230. The monoisotopic (exact) mass is 447 g/mol. The lowest BCUT2D eigenvalue weighted by molar-refractivity contribution is -0.116. The van der Waals surface area contributed by atoms with Crippen LogP contribution >= 0.6 is 23.2 Å². The fourth-order valence-electron chi connectivity index (χ4n) is 3.60. The summed E-state index contributed by atoms with van der Waals surface area (Å²) >= 11 is 12.0. The number of ether oxygens (including phenoxy) is 1. The van der Waals surface area contributed by atoms with E-state index in [1.165, 1.54) is 10.6 Å². The first-order valence-corrected chi connectivity index (χ1v) is 10.3. The van der Waals surface area contributed by atoms with E-state index in [2.05, 4.69) is 5.32 Å². The minimum absolute atomic E-state index is 0.160. The average molecular weight is 448 g/mol. The van der Waals surface area contributed by atoms with Gasteiger partial charge < -0.3 is 10.1 Å². The van der Waals surface area contributed by atoms with E-state index in [4.69, 9.17) is 27.9 Å². The first-order chi connectivity index (χ1) is 14.4. The molecule has 2 heterocycles. The fourth-order valence-corrected chi connectivity index (χ4v) is 4.06. The van der Waals surface area contributed by atoms with Crippen molar-refractivity contribution in [3.8, 4) is 0 Å². The van der Waals surface area contributed by atoms with Gasteiger partial charge >= 0.3 is 5.69 Å². The topological polar surface area (TPSA) is 82.3 Å². The molecule has 0 saturated carbocycles. The van der Waals surface area contributed by atoms with Gasteiger partial charge in [-0.1, -0.05) is 35.3 Å². The van der Waals surface area contributed by atoms with E-state index >= 15 is 0 Å². The molecule has 1 amide bonds. The predicted octanol–water partition coefficient (Wildman–Crippen LogP) is 3.29. The molecule has 1 fully saturated rings. The molecule has 1 aliphatic heterocycles. The van der Waals surface area contributed by atoms with E-state index in [-0.39, 0.29) is 29.8 Å². The number of hydrogen-bond acceptors (Lipinski definition) is 4. The number of halogens is 2. The quantitative estimate of drug-likeness (QED) is 0.650. The Hall–Kier alpha value is -2.61. The van der Waals surface area contributed by atoms with Crippen LogP contribution in [0.3, 0.4) is 0 Å². The van der Waals surface area contributed by atoms with E-state index in [0.29, 0.717) is 28.2 Å². The van der Waals surface area contributed by atoms with Gasteiger partial charge in [-0.15, -0.1) is 0 Å². The van der Waals surface area contributed by atoms with Gasteiger partial charge in [0.1, 0.15) is 6.54 Å². The molecule has 0 bridgehead atoms. The Balaban J connectivity index is 1.71. The van der Waals surface area contributed by atoms with Gasteiger partial charge in [0.05, 0.1) is 34.3 Å². The molecule has 0 spiro atoms. The summed E-state index contributed by atoms with van der Waals surface area (Å²) in [4.78, 5) is 38.7. The van der Waals surface area contributed by atoms with E-state index in [9.17, 15) is 14.4 Å². The van der Waals surface area contributed by atoms with Gasteiger partial charge in [0.2, 0.25) is 5.91 Å². The van der Waals surface area contributed by atoms with Gasteiger partial charge in [-0.05, 0) is 43.2 Å². The van der Waals surface area contributed by atoms with Crippen molar-refractivity contribution in [2.75, 3.05) is 11.9 Å². The maximum absolute atomic E-state index is 13.1. The lowest BCUT2D eigenvalue weighted by Gasteiger charge is -2.16. The second-order valence-corrected chi connectivity index (χ2v) is 7.95. The summed E-state index contributed by atoms with van der Waals surface area (Å²) in [5.74, 6) is -0.450. The summed E-state index contributed by atoms with van der Waals surface area (Å²) < 4.78 is 8.04. The largest absolute Gasteiger partial charge is 0.376 e. The number of para-hydroxylation sites is 1. The van der Waals surface area contributed by atoms with Crippen molar-refractivity contribution in [3.05, 3.63) is 73.3 Å². The number of benzene rings is 2.